The number of aliphatic hydroxyl groups is 1. The van der Waals surface area contributed by atoms with Gasteiger partial charge in [0, 0.05) is 10.9 Å². The van der Waals surface area contributed by atoms with Crippen LogP contribution in [0.25, 0.3) is 33.1 Å². The van der Waals surface area contributed by atoms with Gasteiger partial charge in [0.05, 0.1) is 36.0 Å². The van der Waals surface area contributed by atoms with Crippen molar-refractivity contribution in [2.45, 2.75) is 20.5 Å². The zero-order valence-corrected chi connectivity index (χ0v) is 13.8. The van der Waals surface area contributed by atoms with Gasteiger partial charge in [-0.3, -0.25) is 4.98 Å². The number of nitrogens with zero attached hydrogens (tertiary/aromatic N) is 2. The number of oxazole rings is 1. The van der Waals surface area contributed by atoms with Gasteiger partial charge in [0.1, 0.15) is 17.2 Å². The summed E-state index contributed by atoms with van der Waals surface area (Å²) >= 11 is 0. The van der Waals surface area contributed by atoms with Crippen molar-refractivity contribution in [2.75, 3.05) is 7.11 Å². The zero-order valence-electron chi connectivity index (χ0n) is 13.8. The lowest BCUT2D eigenvalue weighted by molar-refractivity contribution is 0.277. The average Bonchev–Trinajstić information content (AvgIpc) is 3.15. The summed E-state index contributed by atoms with van der Waals surface area (Å²) in [4.78, 5) is 18.7. The predicted molar refractivity (Wildman–Crippen MR) is 89.6 cm³/mol. The van der Waals surface area contributed by atoms with Crippen LogP contribution in [0.1, 0.15) is 17.1 Å². The molecule has 0 atom stereocenters. The SMILES string of the molecule is COc1cc2c(cc1-c1c(C)noc1C)nc(CO)c1oc(=O)[nH]c12. The van der Waals surface area contributed by atoms with Gasteiger partial charge in [-0.05, 0) is 26.0 Å². The molecule has 8 heteroatoms. The Morgan fingerprint density at radius 1 is 1.32 bits per heavy atom. The highest BCUT2D eigenvalue weighted by Crippen LogP contribution is 2.38. The quantitative estimate of drug-likeness (QED) is 0.588. The highest BCUT2D eigenvalue weighted by molar-refractivity contribution is 6.04. The second-order valence-electron chi connectivity index (χ2n) is 5.70. The van der Waals surface area contributed by atoms with Crippen LogP contribution in [0.2, 0.25) is 0 Å². The van der Waals surface area contributed by atoms with Crippen molar-refractivity contribution in [3.05, 3.63) is 39.8 Å². The summed E-state index contributed by atoms with van der Waals surface area (Å²) in [6.45, 7) is 3.32. The molecule has 0 aliphatic rings. The third-order valence-corrected chi connectivity index (χ3v) is 4.21. The summed E-state index contributed by atoms with van der Waals surface area (Å²) in [5.74, 6) is 0.645. The first kappa shape index (κ1) is 15.4. The molecular formula is C17H15N3O5. The van der Waals surface area contributed by atoms with Gasteiger partial charge < -0.3 is 18.8 Å². The number of ether oxygens (including phenoxy) is 1. The molecule has 1 aromatic carbocycles. The summed E-state index contributed by atoms with van der Waals surface area (Å²) in [7, 11) is 1.56. The van der Waals surface area contributed by atoms with Crippen molar-refractivity contribution in [3.8, 4) is 16.9 Å². The third kappa shape index (κ3) is 2.22. The van der Waals surface area contributed by atoms with E-state index in [0.717, 1.165) is 16.8 Å². The van der Waals surface area contributed by atoms with Crippen LogP contribution in [0.15, 0.2) is 25.9 Å². The Morgan fingerprint density at radius 3 is 2.76 bits per heavy atom. The van der Waals surface area contributed by atoms with Crippen molar-refractivity contribution in [3.63, 3.8) is 0 Å². The summed E-state index contributed by atoms with van der Waals surface area (Å²) in [6.07, 6.45) is 0. The Labute approximate surface area is 141 Å². The molecule has 25 heavy (non-hydrogen) atoms. The lowest BCUT2D eigenvalue weighted by Crippen LogP contribution is -1.96. The number of hydrogen-bond donors (Lipinski definition) is 2. The van der Waals surface area contributed by atoms with Crippen LogP contribution in [0.5, 0.6) is 5.75 Å². The molecule has 0 aliphatic heterocycles. The normalized spacial score (nSPS) is 11.5. The summed E-state index contributed by atoms with van der Waals surface area (Å²) in [6, 6.07) is 3.60. The van der Waals surface area contributed by atoms with E-state index in [1.807, 2.05) is 19.9 Å². The molecule has 0 saturated heterocycles. The largest absolute Gasteiger partial charge is 0.496 e. The molecule has 4 rings (SSSR count). The molecule has 0 radical (unpaired) electrons. The number of hydrogen-bond acceptors (Lipinski definition) is 7. The number of nitrogens with one attached hydrogen (secondary N) is 1. The van der Waals surface area contributed by atoms with Gasteiger partial charge in [-0.25, -0.2) is 9.78 Å². The molecule has 3 aromatic heterocycles. The van der Waals surface area contributed by atoms with E-state index < -0.39 is 5.76 Å². The van der Waals surface area contributed by atoms with E-state index in [-0.39, 0.29) is 17.9 Å². The number of rotatable bonds is 3. The first-order valence-electron chi connectivity index (χ1n) is 7.61. The molecule has 0 spiro atoms. The standard InChI is InChI=1S/C17H15N3O5/c1-7-14(8(2)25-20-7)10-4-11-9(5-13(10)23-3)15-16(12(6-21)18-11)24-17(22)19-15/h4-5,21H,6H2,1-3H3,(H,19,22). The molecule has 4 aromatic rings. The maximum absolute atomic E-state index is 11.6. The lowest BCUT2D eigenvalue weighted by Gasteiger charge is -2.11. The minimum Gasteiger partial charge on any atom is -0.496 e. The Morgan fingerprint density at radius 2 is 2.12 bits per heavy atom. The number of aliphatic hydroxyl groups excluding tert-OH is 1. The fourth-order valence-corrected chi connectivity index (χ4v) is 3.12. The van der Waals surface area contributed by atoms with Crippen LogP contribution in [0.4, 0.5) is 0 Å². The fraction of sp³-hybridized carbons (Fsp3) is 0.235. The molecule has 0 bridgehead atoms. The number of H-pyrrole nitrogens is 1. The molecule has 0 aliphatic carbocycles. The number of aromatic amines is 1. The fourth-order valence-electron chi connectivity index (χ4n) is 3.12. The van der Waals surface area contributed by atoms with Crippen LogP contribution in [0, 0.1) is 13.8 Å². The highest BCUT2D eigenvalue weighted by atomic mass is 16.5. The van der Waals surface area contributed by atoms with Gasteiger partial charge in [-0.2, -0.15) is 0 Å². The first-order valence-corrected chi connectivity index (χ1v) is 7.61. The maximum Gasteiger partial charge on any atom is 0.417 e. The Balaban J connectivity index is 2.13. The van der Waals surface area contributed by atoms with E-state index >= 15 is 0 Å². The van der Waals surface area contributed by atoms with Crippen LogP contribution in [0.3, 0.4) is 0 Å². The van der Waals surface area contributed by atoms with Crippen LogP contribution in [-0.4, -0.2) is 27.3 Å². The zero-order chi connectivity index (χ0) is 17.7. The molecule has 0 fully saturated rings. The highest BCUT2D eigenvalue weighted by Gasteiger charge is 2.20. The molecule has 128 valence electrons. The van der Waals surface area contributed by atoms with E-state index in [1.165, 1.54) is 0 Å². The Hall–Kier alpha value is -3.13. The number of aromatic nitrogens is 3. The molecule has 8 nitrogen and oxygen atoms in total. The topological polar surface area (TPSA) is 114 Å². The minimum atomic E-state index is -0.604. The lowest BCUT2D eigenvalue weighted by atomic mass is 10.00. The molecule has 0 amide bonds. The minimum absolute atomic E-state index is 0.243. The molecular weight excluding hydrogens is 326 g/mol. The van der Waals surface area contributed by atoms with Gasteiger partial charge in [0.15, 0.2) is 5.58 Å². The van der Waals surface area contributed by atoms with Crippen molar-refractivity contribution in [2.24, 2.45) is 0 Å². The van der Waals surface area contributed by atoms with Gasteiger partial charge in [-0.15, -0.1) is 0 Å². The van der Waals surface area contributed by atoms with Crippen molar-refractivity contribution in [1.82, 2.24) is 15.1 Å². The van der Waals surface area contributed by atoms with E-state index in [2.05, 4.69) is 15.1 Å². The van der Waals surface area contributed by atoms with Crippen LogP contribution < -0.4 is 10.5 Å². The summed E-state index contributed by atoms with van der Waals surface area (Å²) in [5.41, 5.74) is 3.92. The molecule has 3 heterocycles. The third-order valence-electron chi connectivity index (χ3n) is 4.21. The van der Waals surface area contributed by atoms with E-state index in [9.17, 15) is 9.90 Å². The molecule has 0 saturated carbocycles. The monoisotopic (exact) mass is 341 g/mol. The number of benzene rings is 1. The van der Waals surface area contributed by atoms with Crippen LogP contribution >= 0.6 is 0 Å². The van der Waals surface area contributed by atoms with Gasteiger partial charge in [0.25, 0.3) is 0 Å². The Kier molecular flexibility index (Phi) is 3.36. The second-order valence-corrected chi connectivity index (χ2v) is 5.70. The maximum atomic E-state index is 11.6. The average molecular weight is 341 g/mol. The van der Waals surface area contributed by atoms with Crippen molar-refractivity contribution >= 4 is 22.0 Å². The van der Waals surface area contributed by atoms with Crippen LogP contribution in [-0.2, 0) is 6.61 Å². The van der Waals surface area contributed by atoms with E-state index in [0.29, 0.717) is 27.9 Å². The first-order chi connectivity index (χ1) is 12.0. The van der Waals surface area contributed by atoms with E-state index in [4.69, 9.17) is 13.7 Å². The van der Waals surface area contributed by atoms with Gasteiger partial charge in [0.2, 0.25) is 0 Å². The second kappa shape index (κ2) is 5.45. The number of methoxy groups -OCH3 is 1. The van der Waals surface area contributed by atoms with E-state index in [1.54, 1.807) is 13.2 Å². The van der Waals surface area contributed by atoms with Gasteiger partial charge >= 0.3 is 5.76 Å². The molecule has 2 N–H and O–H groups in total. The van der Waals surface area contributed by atoms with Crippen molar-refractivity contribution < 1.29 is 18.8 Å². The number of fused-ring (bicyclic) bond motifs is 3. The summed E-state index contributed by atoms with van der Waals surface area (Å²) < 4.78 is 15.9. The molecule has 0 unspecified atom stereocenters. The predicted octanol–water partition coefficient (Wildman–Crippen LogP) is 2.44. The number of aryl methyl sites for hydroxylation is 2. The number of pyridine rings is 1. The van der Waals surface area contributed by atoms with Crippen molar-refractivity contribution in [1.29, 1.82) is 0 Å². The van der Waals surface area contributed by atoms with Gasteiger partial charge in [-0.1, -0.05) is 5.16 Å². The smallest absolute Gasteiger partial charge is 0.417 e. The summed E-state index contributed by atoms with van der Waals surface area (Å²) in [5, 5.41) is 14.2. The Bertz CT molecular complexity index is 1150.